The maximum Gasteiger partial charge on any atom is 0.158 e. The van der Waals surface area contributed by atoms with Crippen LogP contribution in [0.1, 0.15) is 24.0 Å². The molecule has 1 aromatic heterocycles. The van der Waals surface area contributed by atoms with Crippen molar-refractivity contribution in [2.45, 2.75) is 19.3 Å². The van der Waals surface area contributed by atoms with Crippen LogP contribution < -0.4 is 4.90 Å². The lowest BCUT2D eigenvalue weighted by atomic mass is 10.0. The molecule has 1 fully saturated rings. The quantitative estimate of drug-likeness (QED) is 0.621. The summed E-state index contributed by atoms with van der Waals surface area (Å²) in [6, 6.07) is 13.3. The predicted octanol–water partition coefficient (Wildman–Crippen LogP) is 4.12. The molecule has 0 N–H and O–H groups in total. The van der Waals surface area contributed by atoms with Crippen LogP contribution in [-0.2, 0) is 6.42 Å². The lowest BCUT2D eigenvalue weighted by Crippen LogP contribution is -2.31. The molecule has 2 aromatic rings. The number of anilines is 1. The number of nitrogens with zero attached hydrogens (tertiary/aromatic N) is 4. The van der Waals surface area contributed by atoms with Gasteiger partial charge in [0, 0.05) is 24.8 Å². The van der Waals surface area contributed by atoms with E-state index in [9.17, 15) is 4.91 Å². The number of hydrogen-bond donors (Lipinski definition) is 0. The van der Waals surface area contributed by atoms with Crippen molar-refractivity contribution < 1.29 is 0 Å². The summed E-state index contributed by atoms with van der Waals surface area (Å²) >= 11 is 0. The van der Waals surface area contributed by atoms with Crippen LogP contribution >= 0.6 is 0 Å². The predicted molar refractivity (Wildman–Crippen MR) is 102 cm³/mol. The molecule has 0 bridgehead atoms. The highest BCUT2D eigenvalue weighted by molar-refractivity contribution is 5.61. The van der Waals surface area contributed by atoms with Crippen LogP contribution in [0.25, 0.3) is 0 Å². The number of pyridine rings is 1. The molecule has 128 valence electrons. The maximum absolute atomic E-state index is 10.9. The molecule has 5 nitrogen and oxygen atoms in total. The summed E-state index contributed by atoms with van der Waals surface area (Å²) in [5, 5.41) is 11.8. The average molecular weight is 342 g/mol. The zero-order valence-corrected chi connectivity index (χ0v) is 14.4. The van der Waals surface area contributed by atoms with Gasteiger partial charge in [-0.05, 0) is 53.9 Å². The van der Waals surface area contributed by atoms with Gasteiger partial charge in [-0.3, -0.25) is 0 Å². The van der Waals surface area contributed by atoms with Gasteiger partial charge in [-0.2, -0.15) is 5.26 Å². The first-order valence-electron chi connectivity index (χ1n) is 8.49. The van der Waals surface area contributed by atoms with E-state index in [2.05, 4.69) is 33.0 Å². The Bertz CT molecular complexity index is 921. The number of piperidine rings is 1. The number of rotatable bonds is 3. The Hall–Kier alpha value is -3.44. The van der Waals surface area contributed by atoms with E-state index in [-0.39, 0.29) is 0 Å². The Morgan fingerprint density at radius 3 is 2.85 bits per heavy atom. The van der Waals surface area contributed by atoms with E-state index in [0.29, 0.717) is 17.9 Å². The SMILES string of the molecule is N#CCc1cccc(C#CC=C2CCN(c3ncccc3N=O)CC2)c1. The largest absolute Gasteiger partial charge is 0.354 e. The molecule has 1 aliphatic heterocycles. The van der Waals surface area contributed by atoms with Crippen LogP contribution in [0.4, 0.5) is 11.5 Å². The number of nitriles is 1. The highest BCUT2D eigenvalue weighted by Gasteiger charge is 2.18. The van der Waals surface area contributed by atoms with Crippen molar-refractivity contribution in [1.29, 1.82) is 5.26 Å². The van der Waals surface area contributed by atoms with Gasteiger partial charge in [0.15, 0.2) is 5.82 Å². The molecular weight excluding hydrogens is 324 g/mol. The number of hydrogen-bond acceptors (Lipinski definition) is 5. The van der Waals surface area contributed by atoms with Gasteiger partial charge in [0.05, 0.1) is 12.5 Å². The standard InChI is InChI=1S/C21H18N4O/c22-12-9-19-7-2-6-18(16-19)5-1-4-17-10-14-25(15-11-17)21-20(24-26)8-3-13-23-21/h2-4,6-8,13,16H,9-11,14-15H2. The van der Waals surface area contributed by atoms with Crippen LogP contribution in [0.2, 0.25) is 0 Å². The van der Waals surface area contributed by atoms with Gasteiger partial charge in [0.2, 0.25) is 0 Å². The van der Waals surface area contributed by atoms with E-state index in [0.717, 1.165) is 37.1 Å². The normalized spacial score (nSPS) is 13.3. The Morgan fingerprint density at radius 1 is 1.23 bits per heavy atom. The van der Waals surface area contributed by atoms with Gasteiger partial charge in [-0.15, -0.1) is 4.91 Å². The van der Waals surface area contributed by atoms with Gasteiger partial charge >= 0.3 is 0 Å². The fraction of sp³-hybridized carbons (Fsp3) is 0.238. The third kappa shape index (κ3) is 4.34. The Labute approximate surface area is 153 Å². The van der Waals surface area contributed by atoms with Gasteiger partial charge in [-0.1, -0.05) is 29.5 Å². The highest BCUT2D eigenvalue weighted by Crippen LogP contribution is 2.28. The van der Waals surface area contributed by atoms with Crippen molar-refractivity contribution in [3.8, 4) is 17.9 Å². The fourth-order valence-electron chi connectivity index (χ4n) is 2.93. The number of allylic oxidation sites excluding steroid dienone is 1. The zero-order chi connectivity index (χ0) is 18.2. The third-order valence-corrected chi connectivity index (χ3v) is 4.27. The molecule has 5 heteroatoms. The number of aromatic nitrogens is 1. The van der Waals surface area contributed by atoms with Crippen molar-refractivity contribution in [2.24, 2.45) is 5.18 Å². The van der Waals surface area contributed by atoms with Crippen LogP contribution in [-0.4, -0.2) is 18.1 Å². The topological polar surface area (TPSA) is 69.3 Å². The van der Waals surface area contributed by atoms with Crippen molar-refractivity contribution in [2.75, 3.05) is 18.0 Å². The summed E-state index contributed by atoms with van der Waals surface area (Å²) in [5.41, 5.74) is 3.58. The zero-order valence-electron chi connectivity index (χ0n) is 14.4. The highest BCUT2D eigenvalue weighted by atomic mass is 16.3. The van der Waals surface area contributed by atoms with Crippen LogP contribution in [0.3, 0.4) is 0 Å². The van der Waals surface area contributed by atoms with Gasteiger partial charge < -0.3 is 4.90 Å². The van der Waals surface area contributed by atoms with Crippen LogP contribution in [0.5, 0.6) is 0 Å². The molecule has 1 saturated heterocycles. The molecule has 1 aliphatic rings. The second-order valence-electron chi connectivity index (χ2n) is 6.03. The summed E-state index contributed by atoms with van der Waals surface area (Å²) in [6.07, 6.45) is 5.83. The summed E-state index contributed by atoms with van der Waals surface area (Å²) < 4.78 is 0. The lowest BCUT2D eigenvalue weighted by molar-refractivity contribution is 0.678. The molecule has 3 rings (SSSR count). The third-order valence-electron chi connectivity index (χ3n) is 4.27. The number of nitroso groups, excluding NO2 is 1. The summed E-state index contributed by atoms with van der Waals surface area (Å²) in [5.74, 6) is 6.91. The van der Waals surface area contributed by atoms with E-state index in [1.165, 1.54) is 5.57 Å². The van der Waals surface area contributed by atoms with Crippen molar-refractivity contribution >= 4 is 11.5 Å². The first-order valence-corrected chi connectivity index (χ1v) is 8.49. The molecule has 0 spiro atoms. The van der Waals surface area contributed by atoms with Crippen molar-refractivity contribution in [1.82, 2.24) is 4.98 Å². The fourth-order valence-corrected chi connectivity index (χ4v) is 2.93. The van der Waals surface area contributed by atoms with Gasteiger partial charge in [0.25, 0.3) is 0 Å². The second-order valence-corrected chi connectivity index (χ2v) is 6.03. The van der Waals surface area contributed by atoms with Crippen LogP contribution in [0.15, 0.2) is 59.4 Å². The molecule has 0 aliphatic carbocycles. The molecule has 0 saturated carbocycles. The lowest BCUT2D eigenvalue weighted by Gasteiger charge is -2.29. The molecule has 26 heavy (non-hydrogen) atoms. The Balaban J connectivity index is 1.63. The minimum atomic E-state index is 0.386. The van der Waals surface area contributed by atoms with Crippen molar-refractivity contribution in [3.05, 3.63) is 70.3 Å². The van der Waals surface area contributed by atoms with E-state index >= 15 is 0 Å². The van der Waals surface area contributed by atoms with E-state index in [1.54, 1.807) is 18.3 Å². The molecule has 1 aromatic carbocycles. The van der Waals surface area contributed by atoms with E-state index < -0.39 is 0 Å². The summed E-state index contributed by atoms with van der Waals surface area (Å²) in [7, 11) is 0. The smallest absolute Gasteiger partial charge is 0.158 e. The van der Waals surface area contributed by atoms with Gasteiger partial charge in [-0.25, -0.2) is 4.98 Å². The Morgan fingerprint density at radius 2 is 2.08 bits per heavy atom. The minimum absolute atomic E-state index is 0.386. The first kappa shape index (κ1) is 17.4. The van der Waals surface area contributed by atoms with E-state index in [1.807, 2.05) is 30.3 Å². The Kier molecular flexibility index (Phi) is 5.75. The van der Waals surface area contributed by atoms with E-state index in [4.69, 9.17) is 5.26 Å². The molecular formula is C21H18N4O. The minimum Gasteiger partial charge on any atom is -0.354 e. The first-order chi connectivity index (χ1) is 12.8. The van der Waals surface area contributed by atoms with Crippen molar-refractivity contribution in [3.63, 3.8) is 0 Å². The molecule has 0 atom stereocenters. The molecule has 0 unspecified atom stereocenters. The summed E-state index contributed by atoms with van der Waals surface area (Å²) in [6.45, 7) is 1.59. The van der Waals surface area contributed by atoms with Gasteiger partial charge in [0.1, 0.15) is 5.69 Å². The molecule has 0 amide bonds. The maximum atomic E-state index is 10.9. The average Bonchev–Trinajstić information content (AvgIpc) is 2.69. The molecule has 2 heterocycles. The second kappa shape index (κ2) is 8.60. The molecule has 0 radical (unpaired) electrons. The van der Waals surface area contributed by atoms with Crippen LogP contribution in [0, 0.1) is 28.1 Å². The monoisotopic (exact) mass is 342 g/mol. The summed E-state index contributed by atoms with van der Waals surface area (Å²) in [4.78, 5) is 17.3. The number of benzene rings is 1.